The summed E-state index contributed by atoms with van der Waals surface area (Å²) in [6, 6.07) is 4.27. The van der Waals surface area contributed by atoms with E-state index in [-0.39, 0.29) is 10.7 Å². The SMILES string of the molecule is CCc1nc2c(CC)cc(C(F)(F)F)c(-c3cc(Cl)c4[nH]ncc4c3)n2n1. The van der Waals surface area contributed by atoms with Crippen LogP contribution >= 0.6 is 11.6 Å². The molecule has 0 unspecified atom stereocenters. The molecule has 140 valence electrons. The van der Waals surface area contributed by atoms with Gasteiger partial charge in [-0.25, -0.2) is 9.50 Å². The maximum absolute atomic E-state index is 13.9. The summed E-state index contributed by atoms with van der Waals surface area (Å²) in [7, 11) is 0. The highest BCUT2D eigenvalue weighted by Crippen LogP contribution is 2.40. The van der Waals surface area contributed by atoms with Crippen LogP contribution in [0.2, 0.25) is 5.02 Å². The van der Waals surface area contributed by atoms with Crippen LogP contribution in [0.15, 0.2) is 24.4 Å². The molecule has 3 heterocycles. The average molecular weight is 394 g/mol. The van der Waals surface area contributed by atoms with Gasteiger partial charge in [0.1, 0.15) is 0 Å². The van der Waals surface area contributed by atoms with Crippen LogP contribution in [-0.4, -0.2) is 24.8 Å². The van der Waals surface area contributed by atoms with Crippen molar-refractivity contribution >= 4 is 28.2 Å². The second-order valence-corrected chi connectivity index (χ2v) is 6.60. The molecule has 0 spiro atoms. The van der Waals surface area contributed by atoms with Crippen molar-refractivity contribution in [3.63, 3.8) is 0 Å². The molecule has 0 aliphatic carbocycles. The van der Waals surface area contributed by atoms with Crippen LogP contribution in [-0.2, 0) is 19.0 Å². The van der Waals surface area contributed by atoms with Crippen molar-refractivity contribution in [2.45, 2.75) is 32.9 Å². The molecule has 5 nitrogen and oxygen atoms in total. The Kier molecular flexibility index (Phi) is 4.10. The number of halogens is 4. The van der Waals surface area contributed by atoms with Crippen LogP contribution in [0.3, 0.4) is 0 Å². The van der Waals surface area contributed by atoms with Gasteiger partial charge < -0.3 is 0 Å². The lowest BCUT2D eigenvalue weighted by Gasteiger charge is -2.16. The number of hydrogen-bond acceptors (Lipinski definition) is 3. The highest BCUT2D eigenvalue weighted by atomic mass is 35.5. The smallest absolute Gasteiger partial charge is 0.276 e. The van der Waals surface area contributed by atoms with Crippen molar-refractivity contribution in [3.05, 3.63) is 46.4 Å². The van der Waals surface area contributed by atoms with Crippen molar-refractivity contribution in [3.8, 4) is 11.3 Å². The summed E-state index contributed by atoms with van der Waals surface area (Å²) in [5.74, 6) is 0.487. The molecular formula is C18H15ClF3N5. The molecule has 0 aliphatic heterocycles. The van der Waals surface area contributed by atoms with E-state index in [1.54, 1.807) is 13.0 Å². The van der Waals surface area contributed by atoms with Gasteiger partial charge in [-0.2, -0.15) is 23.4 Å². The molecular weight excluding hydrogens is 379 g/mol. The van der Waals surface area contributed by atoms with Crippen LogP contribution in [0, 0.1) is 0 Å². The van der Waals surface area contributed by atoms with E-state index in [1.165, 1.54) is 16.8 Å². The number of aromatic amines is 1. The van der Waals surface area contributed by atoms with Gasteiger partial charge in [0.25, 0.3) is 0 Å². The number of hydrogen-bond donors (Lipinski definition) is 1. The number of pyridine rings is 1. The summed E-state index contributed by atoms with van der Waals surface area (Å²) in [5.41, 5.74) is 0.962. The van der Waals surface area contributed by atoms with E-state index in [9.17, 15) is 13.2 Å². The van der Waals surface area contributed by atoms with Crippen LogP contribution < -0.4 is 0 Å². The summed E-state index contributed by atoms with van der Waals surface area (Å²) in [6.45, 7) is 3.66. The molecule has 4 rings (SSSR count). The van der Waals surface area contributed by atoms with Gasteiger partial charge >= 0.3 is 6.18 Å². The lowest BCUT2D eigenvalue weighted by atomic mass is 10.0. The molecule has 27 heavy (non-hydrogen) atoms. The molecule has 1 N–H and O–H groups in total. The van der Waals surface area contributed by atoms with E-state index >= 15 is 0 Å². The van der Waals surface area contributed by atoms with Gasteiger partial charge in [-0.05, 0) is 30.2 Å². The molecule has 3 aromatic heterocycles. The van der Waals surface area contributed by atoms with Crippen LogP contribution in [0.25, 0.3) is 27.8 Å². The number of benzene rings is 1. The fourth-order valence-electron chi connectivity index (χ4n) is 3.19. The molecule has 4 aromatic rings. The van der Waals surface area contributed by atoms with Crippen LogP contribution in [0.1, 0.15) is 30.8 Å². The molecule has 0 fully saturated rings. The Morgan fingerprint density at radius 3 is 2.59 bits per heavy atom. The summed E-state index contributed by atoms with van der Waals surface area (Å²) in [4.78, 5) is 4.42. The zero-order chi connectivity index (χ0) is 19.3. The van der Waals surface area contributed by atoms with Gasteiger partial charge in [0.15, 0.2) is 11.5 Å². The molecule has 9 heteroatoms. The molecule has 0 bridgehead atoms. The molecule has 0 radical (unpaired) electrons. The molecule has 0 aliphatic rings. The number of fused-ring (bicyclic) bond motifs is 2. The summed E-state index contributed by atoms with van der Waals surface area (Å²) in [6.07, 6.45) is -2.10. The Balaban J connectivity index is 2.14. The third-order valence-corrected chi connectivity index (χ3v) is 4.80. The first-order valence-electron chi connectivity index (χ1n) is 8.45. The second kappa shape index (κ2) is 6.23. The summed E-state index contributed by atoms with van der Waals surface area (Å²) >= 11 is 6.26. The van der Waals surface area contributed by atoms with Crippen LogP contribution in [0.5, 0.6) is 0 Å². The highest BCUT2D eigenvalue weighted by molar-refractivity contribution is 6.35. The summed E-state index contributed by atoms with van der Waals surface area (Å²) < 4.78 is 43.0. The molecule has 0 saturated heterocycles. The summed E-state index contributed by atoms with van der Waals surface area (Å²) in [5, 5.41) is 11.9. The highest BCUT2D eigenvalue weighted by Gasteiger charge is 2.36. The Labute approximate surface area is 157 Å². The molecule has 0 atom stereocenters. The topological polar surface area (TPSA) is 58.9 Å². The van der Waals surface area contributed by atoms with Gasteiger partial charge in [0.05, 0.1) is 28.0 Å². The second-order valence-electron chi connectivity index (χ2n) is 6.19. The number of aromatic nitrogens is 5. The first kappa shape index (κ1) is 17.8. The van der Waals surface area contributed by atoms with E-state index in [2.05, 4.69) is 20.3 Å². The number of nitrogens with one attached hydrogen (secondary N) is 1. The van der Waals surface area contributed by atoms with E-state index in [4.69, 9.17) is 11.6 Å². The normalized spacial score (nSPS) is 12.4. The predicted molar refractivity (Wildman–Crippen MR) is 96.8 cm³/mol. The molecule has 0 saturated carbocycles. The van der Waals surface area contributed by atoms with E-state index < -0.39 is 11.7 Å². The van der Waals surface area contributed by atoms with Crippen molar-refractivity contribution in [2.75, 3.05) is 0 Å². The van der Waals surface area contributed by atoms with Crippen molar-refractivity contribution in [1.29, 1.82) is 0 Å². The lowest BCUT2D eigenvalue weighted by Crippen LogP contribution is -2.13. The predicted octanol–water partition coefficient (Wildman–Crippen LogP) is 5.07. The zero-order valence-electron chi connectivity index (χ0n) is 14.5. The first-order valence-corrected chi connectivity index (χ1v) is 8.83. The van der Waals surface area contributed by atoms with E-state index in [1.807, 2.05) is 6.92 Å². The monoisotopic (exact) mass is 393 g/mol. The van der Waals surface area contributed by atoms with Crippen molar-refractivity contribution < 1.29 is 13.2 Å². The van der Waals surface area contributed by atoms with Gasteiger partial charge in [-0.1, -0.05) is 25.4 Å². The number of rotatable bonds is 3. The fourth-order valence-corrected chi connectivity index (χ4v) is 3.46. The Bertz CT molecular complexity index is 1160. The maximum Gasteiger partial charge on any atom is 0.418 e. The minimum absolute atomic E-state index is 0.0769. The minimum Gasteiger partial charge on any atom is -0.276 e. The minimum atomic E-state index is -4.55. The number of alkyl halides is 3. The Morgan fingerprint density at radius 1 is 1.15 bits per heavy atom. The molecule has 1 aromatic carbocycles. The Hall–Kier alpha value is -2.61. The third-order valence-electron chi connectivity index (χ3n) is 4.50. The zero-order valence-corrected chi connectivity index (χ0v) is 15.3. The van der Waals surface area contributed by atoms with Crippen molar-refractivity contribution in [2.24, 2.45) is 0 Å². The Morgan fingerprint density at radius 2 is 1.93 bits per heavy atom. The van der Waals surface area contributed by atoms with E-state index in [0.717, 1.165) is 6.07 Å². The third kappa shape index (κ3) is 2.84. The standard InChI is InChI=1S/C18H15ClF3N5/c1-3-9-6-12(18(20,21)22)16(27-17(9)24-14(4-2)26-27)10-5-11-8-23-25-15(11)13(19)7-10/h5-8H,3-4H2,1-2H3,(H,23,25). The lowest BCUT2D eigenvalue weighted by molar-refractivity contribution is -0.137. The maximum atomic E-state index is 13.9. The van der Waals surface area contributed by atoms with Crippen LogP contribution in [0.4, 0.5) is 13.2 Å². The van der Waals surface area contributed by atoms with Gasteiger partial charge in [-0.3, -0.25) is 5.10 Å². The van der Waals surface area contributed by atoms with Gasteiger partial charge in [-0.15, -0.1) is 0 Å². The van der Waals surface area contributed by atoms with E-state index in [0.29, 0.717) is 46.3 Å². The van der Waals surface area contributed by atoms with Gasteiger partial charge in [0.2, 0.25) is 0 Å². The fraction of sp³-hybridized carbons (Fsp3) is 0.278. The number of aryl methyl sites for hydroxylation is 2. The quantitative estimate of drug-likeness (QED) is 0.528. The number of nitrogens with zero attached hydrogens (tertiary/aromatic N) is 4. The largest absolute Gasteiger partial charge is 0.418 e. The number of H-pyrrole nitrogens is 1. The molecule has 0 amide bonds. The van der Waals surface area contributed by atoms with Gasteiger partial charge in [0, 0.05) is 17.4 Å². The average Bonchev–Trinajstić information content (AvgIpc) is 3.26. The first-order chi connectivity index (χ1) is 12.8. The van der Waals surface area contributed by atoms with Crippen molar-refractivity contribution in [1.82, 2.24) is 24.8 Å².